The van der Waals surface area contributed by atoms with E-state index < -0.39 is 0 Å². The molecule has 0 fully saturated rings. The third-order valence-corrected chi connectivity index (χ3v) is 4.98. The average Bonchev–Trinajstić information content (AvgIpc) is 2.63. The zero-order chi connectivity index (χ0) is 19.4. The van der Waals surface area contributed by atoms with E-state index in [0.29, 0.717) is 23.8 Å². The first kappa shape index (κ1) is 19.1. The van der Waals surface area contributed by atoms with Gasteiger partial charge in [0.05, 0.1) is 6.54 Å². The molecule has 0 aliphatic heterocycles. The topological polar surface area (TPSA) is 48.1 Å². The van der Waals surface area contributed by atoms with Crippen molar-refractivity contribution in [3.05, 3.63) is 81.1 Å². The summed E-state index contributed by atoms with van der Waals surface area (Å²) in [6, 6.07) is 16.3. The van der Waals surface area contributed by atoms with Gasteiger partial charge in [0.15, 0.2) is 5.11 Å². The number of pyridine rings is 1. The predicted octanol–water partition coefficient (Wildman–Crippen LogP) is 4.04. The quantitative estimate of drug-likeness (QED) is 0.657. The molecule has 0 bridgehead atoms. The van der Waals surface area contributed by atoms with Gasteiger partial charge in [-0.3, -0.25) is 4.79 Å². The van der Waals surface area contributed by atoms with Crippen LogP contribution in [0.1, 0.15) is 29.2 Å². The summed E-state index contributed by atoms with van der Waals surface area (Å²) in [6.07, 6.45) is 0. The predicted molar refractivity (Wildman–Crippen MR) is 116 cm³/mol. The smallest absolute Gasteiger partial charge is 0.253 e. The molecule has 0 saturated heterocycles. The Balaban J connectivity index is 1.96. The molecule has 3 aromatic rings. The molecule has 2 N–H and O–H groups in total. The standard InChI is InChI=1S/C22H25N3OS/c1-4-23-22(27)25(13-17-8-6-5-7-9-17)14-18-12-19-16(3)10-15(2)11-20(19)24-21(18)26/h5-12H,4,13-14H2,1-3H3,(H,23,27)(H,24,26). The van der Waals surface area contributed by atoms with Crippen molar-refractivity contribution in [2.24, 2.45) is 0 Å². The van der Waals surface area contributed by atoms with Crippen LogP contribution in [0.15, 0.2) is 53.3 Å². The molecule has 0 amide bonds. The van der Waals surface area contributed by atoms with Crippen molar-refractivity contribution in [1.82, 2.24) is 15.2 Å². The molecule has 0 unspecified atom stereocenters. The molecule has 0 aliphatic rings. The minimum atomic E-state index is -0.0649. The number of aromatic nitrogens is 1. The van der Waals surface area contributed by atoms with Gasteiger partial charge in [-0.25, -0.2) is 0 Å². The van der Waals surface area contributed by atoms with Crippen molar-refractivity contribution in [3.8, 4) is 0 Å². The lowest BCUT2D eigenvalue weighted by molar-refractivity contribution is 0.398. The number of rotatable bonds is 5. The molecule has 5 heteroatoms. The molecule has 2 aromatic carbocycles. The number of nitrogens with one attached hydrogen (secondary N) is 2. The minimum Gasteiger partial charge on any atom is -0.363 e. The van der Waals surface area contributed by atoms with Crippen LogP contribution >= 0.6 is 12.2 Å². The normalized spacial score (nSPS) is 10.8. The molecule has 1 heterocycles. The number of hydrogen-bond donors (Lipinski definition) is 2. The number of aryl methyl sites for hydroxylation is 2. The number of H-pyrrole nitrogens is 1. The SMILES string of the molecule is CCNC(=S)N(Cc1ccccc1)Cc1cc2c(C)cc(C)cc2[nH]c1=O. The first-order valence-corrected chi connectivity index (χ1v) is 9.58. The zero-order valence-electron chi connectivity index (χ0n) is 16.0. The van der Waals surface area contributed by atoms with Gasteiger partial charge in [-0.15, -0.1) is 0 Å². The summed E-state index contributed by atoms with van der Waals surface area (Å²) < 4.78 is 0. The second kappa shape index (κ2) is 8.35. The lowest BCUT2D eigenvalue weighted by atomic mass is 10.0. The van der Waals surface area contributed by atoms with Crippen LogP contribution in [0.25, 0.3) is 10.9 Å². The van der Waals surface area contributed by atoms with Crippen molar-refractivity contribution in [1.29, 1.82) is 0 Å². The number of aromatic amines is 1. The molecule has 27 heavy (non-hydrogen) atoms. The van der Waals surface area contributed by atoms with Gasteiger partial charge in [0.25, 0.3) is 5.56 Å². The highest BCUT2D eigenvalue weighted by atomic mass is 32.1. The number of thiocarbonyl (C=S) groups is 1. The molecule has 0 atom stereocenters. The monoisotopic (exact) mass is 379 g/mol. The van der Waals surface area contributed by atoms with Crippen LogP contribution in [-0.4, -0.2) is 21.5 Å². The van der Waals surface area contributed by atoms with Gasteiger partial charge < -0.3 is 15.2 Å². The van der Waals surface area contributed by atoms with E-state index in [2.05, 4.69) is 35.4 Å². The number of nitrogens with zero attached hydrogens (tertiary/aromatic N) is 1. The molecule has 0 spiro atoms. The molecule has 4 nitrogen and oxygen atoms in total. The Labute approximate surface area is 165 Å². The Kier molecular flexibility index (Phi) is 5.91. The first-order valence-electron chi connectivity index (χ1n) is 9.17. The molecule has 0 aliphatic carbocycles. The van der Waals surface area contributed by atoms with Crippen molar-refractivity contribution < 1.29 is 0 Å². The van der Waals surface area contributed by atoms with E-state index in [4.69, 9.17) is 12.2 Å². The highest BCUT2D eigenvalue weighted by Crippen LogP contribution is 2.19. The van der Waals surface area contributed by atoms with Gasteiger partial charge in [-0.05, 0) is 61.8 Å². The summed E-state index contributed by atoms with van der Waals surface area (Å²) in [6.45, 7) is 7.98. The minimum absolute atomic E-state index is 0.0649. The third-order valence-electron chi connectivity index (χ3n) is 4.58. The molecule has 140 valence electrons. The lowest BCUT2D eigenvalue weighted by Crippen LogP contribution is -2.39. The van der Waals surface area contributed by atoms with Crippen molar-refractivity contribution in [3.63, 3.8) is 0 Å². The molecule has 0 radical (unpaired) electrons. The first-order chi connectivity index (χ1) is 13.0. The maximum atomic E-state index is 12.7. The molecule has 3 rings (SSSR count). The maximum Gasteiger partial charge on any atom is 0.253 e. The molecule has 0 saturated carbocycles. The van der Waals surface area contributed by atoms with E-state index in [-0.39, 0.29) is 5.56 Å². The van der Waals surface area contributed by atoms with Gasteiger partial charge >= 0.3 is 0 Å². The van der Waals surface area contributed by atoms with Gasteiger partial charge in [0.2, 0.25) is 0 Å². The van der Waals surface area contributed by atoms with E-state index >= 15 is 0 Å². The van der Waals surface area contributed by atoms with E-state index in [1.165, 1.54) is 0 Å². The fourth-order valence-corrected chi connectivity index (χ4v) is 3.58. The Morgan fingerprint density at radius 2 is 1.85 bits per heavy atom. The summed E-state index contributed by atoms with van der Waals surface area (Å²) in [4.78, 5) is 17.7. The van der Waals surface area contributed by atoms with Crippen LogP contribution in [0.3, 0.4) is 0 Å². The van der Waals surface area contributed by atoms with E-state index in [1.807, 2.05) is 49.1 Å². The van der Waals surface area contributed by atoms with E-state index in [1.54, 1.807) is 0 Å². The van der Waals surface area contributed by atoms with Crippen molar-refractivity contribution in [2.75, 3.05) is 6.54 Å². The fourth-order valence-electron chi connectivity index (χ4n) is 3.31. The summed E-state index contributed by atoms with van der Waals surface area (Å²) >= 11 is 5.56. The maximum absolute atomic E-state index is 12.7. The van der Waals surface area contributed by atoms with Gasteiger partial charge in [0.1, 0.15) is 0 Å². The highest BCUT2D eigenvalue weighted by Gasteiger charge is 2.14. The van der Waals surface area contributed by atoms with Crippen LogP contribution < -0.4 is 10.9 Å². The van der Waals surface area contributed by atoms with Crippen molar-refractivity contribution >= 4 is 28.2 Å². The highest BCUT2D eigenvalue weighted by molar-refractivity contribution is 7.80. The number of hydrogen-bond acceptors (Lipinski definition) is 2. The van der Waals surface area contributed by atoms with Crippen LogP contribution in [0.4, 0.5) is 0 Å². The van der Waals surface area contributed by atoms with Gasteiger partial charge in [-0.1, -0.05) is 36.4 Å². The van der Waals surface area contributed by atoms with Crippen molar-refractivity contribution in [2.45, 2.75) is 33.9 Å². The van der Waals surface area contributed by atoms with Crippen LogP contribution in [-0.2, 0) is 13.1 Å². The largest absolute Gasteiger partial charge is 0.363 e. The Hall–Kier alpha value is -2.66. The number of fused-ring (bicyclic) bond motifs is 1. The summed E-state index contributed by atoms with van der Waals surface area (Å²) in [5, 5.41) is 4.93. The molecular formula is C22H25N3OS. The summed E-state index contributed by atoms with van der Waals surface area (Å²) in [7, 11) is 0. The third kappa shape index (κ3) is 4.55. The van der Waals surface area contributed by atoms with E-state index in [0.717, 1.165) is 34.1 Å². The zero-order valence-corrected chi connectivity index (χ0v) is 16.8. The van der Waals surface area contributed by atoms with Gasteiger partial charge in [0, 0.05) is 29.6 Å². The summed E-state index contributed by atoms with van der Waals surface area (Å²) in [5.41, 5.74) is 4.98. The second-order valence-corrected chi connectivity index (χ2v) is 7.23. The Morgan fingerprint density at radius 3 is 2.56 bits per heavy atom. The van der Waals surface area contributed by atoms with Gasteiger partial charge in [-0.2, -0.15) is 0 Å². The molecule has 1 aromatic heterocycles. The Bertz CT molecular complexity index is 1010. The lowest BCUT2D eigenvalue weighted by Gasteiger charge is -2.25. The number of benzene rings is 2. The molecular weight excluding hydrogens is 354 g/mol. The fraction of sp³-hybridized carbons (Fsp3) is 0.273. The second-order valence-electron chi connectivity index (χ2n) is 6.84. The van der Waals surface area contributed by atoms with Crippen LogP contribution in [0.2, 0.25) is 0 Å². The average molecular weight is 380 g/mol. The van der Waals surface area contributed by atoms with E-state index in [9.17, 15) is 4.79 Å². The van der Waals surface area contributed by atoms with Crippen LogP contribution in [0.5, 0.6) is 0 Å². The van der Waals surface area contributed by atoms with Crippen LogP contribution in [0, 0.1) is 13.8 Å². The summed E-state index contributed by atoms with van der Waals surface area (Å²) in [5.74, 6) is 0. The Morgan fingerprint density at radius 1 is 1.11 bits per heavy atom.